The number of aromatic nitrogens is 5. The monoisotopic (exact) mass is 583 g/mol. The number of aryl methyl sites for hydroxylation is 1. The van der Waals surface area contributed by atoms with Gasteiger partial charge in [0.05, 0.1) is 11.2 Å². The lowest BCUT2D eigenvalue weighted by atomic mass is 10.0. The maximum atomic E-state index is 13.1. The van der Waals surface area contributed by atoms with Gasteiger partial charge in [0.1, 0.15) is 23.1 Å². The number of nitrogens with zero attached hydrogens (tertiary/aromatic N) is 7. The van der Waals surface area contributed by atoms with Gasteiger partial charge in [0.15, 0.2) is 5.16 Å². The van der Waals surface area contributed by atoms with Gasteiger partial charge in [0.2, 0.25) is 0 Å². The molecule has 216 valence electrons. The van der Waals surface area contributed by atoms with Crippen LogP contribution in [0.4, 0.5) is 30.6 Å². The molecule has 2 aliphatic rings. The molecule has 0 saturated carbocycles. The average Bonchev–Trinajstić information content (AvgIpc) is 3.36. The predicted molar refractivity (Wildman–Crippen MR) is 154 cm³/mol. The van der Waals surface area contributed by atoms with E-state index in [2.05, 4.69) is 42.2 Å². The Morgan fingerprint density at radius 1 is 0.927 bits per heavy atom. The van der Waals surface area contributed by atoms with E-state index in [4.69, 9.17) is 9.97 Å². The second kappa shape index (κ2) is 11.5. The Bertz CT molecular complexity index is 1510. The Morgan fingerprint density at radius 3 is 2.41 bits per heavy atom. The third-order valence-corrected chi connectivity index (χ3v) is 8.52. The normalized spacial score (nSPS) is 17.8. The SMILES string of the molecule is Cc1cc(Nc2cc(N3CCN(C4CCN(C)CC4)CC3)nc(Sc3ccc4nc(C(F)(F)F)ccc4c3)n2)[nH]n1. The summed E-state index contributed by atoms with van der Waals surface area (Å²) in [6.45, 7) is 7.92. The average molecular weight is 584 g/mol. The number of alkyl halides is 3. The van der Waals surface area contributed by atoms with Gasteiger partial charge in [0, 0.05) is 54.6 Å². The molecule has 6 rings (SSSR count). The molecule has 0 radical (unpaired) electrons. The van der Waals surface area contributed by atoms with E-state index in [1.807, 2.05) is 25.1 Å². The van der Waals surface area contributed by atoms with Gasteiger partial charge in [-0.05, 0) is 75.9 Å². The zero-order valence-corrected chi connectivity index (χ0v) is 23.8. The first-order chi connectivity index (χ1) is 19.7. The molecule has 13 heteroatoms. The maximum absolute atomic E-state index is 13.1. The second-order valence-electron chi connectivity index (χ2n) is 10.7. The van der Waals surface area contributed by atoms with Crippen LogP contribution in [0.5, 0.6) is 0 Å². The largest absolute Gasteiger partial charge is 0.433 e. The van der Waals surface area contributed by atoms with Crippen molar-refractivity contribution in [2.75, 3.05) is 56.5 Å². The van der Waals surface area contributed by atoms with E-state index in [0.29, 0.717) is 27.9 Å². The number of fused-ring (bicyclic) bond motifs is 1. The first-order valence-corrected chi connectivity index (χ1v) is 14.5. The number of piperazine rings is 1. The molecule has 2 N–H and O–H groups in total. The first kappa shape index (κ1) is 27.7. The van der Waals surface area contributed by atoms with Crippen molar-refractivity contribution in [3.05, 3.63) is 53.9 Å². The molecule has 5 heterocycles. The van der Waals surface area contributed by atoms with E-state index in [0.717, 1.165) is 67.6 Å². The molecule has 0 bridgehead atoms. The van der Waals surface area contributed by atoms with Gasteiger partial charge in [-0.2, -0.15) is 18.3 Å². The molecule has 0 unspecified atom stereocenters. The third-order valence-electron chi connectivity index (χ3n) is 7.66. The van der Waals surface area contributed by atoms with Crippen molar-refractivity contribution in [3.63, 3.8) is 0 Å². The summed E-state index contributed by atoms with van der Waals surface area (Å²) in [6.07, 6.45) is -2.06. The summed E-state index contributed by atoms with van der Waals surface area (Å²) < 4.78 is 39.3. The molecule has 2 aliphatic heterocycles. The number of aromatic amines is 1. The molecule has 0 amide bonds. The molecule has 9 nitrogen and oxygen atoms in total. The molecule has 2 fully saturated rings. The minimum absolute atomic E-state index is 0.290. The lowest BCUT2D eigenvalue weighted by molar-refractivity contribution is -0.140. The van der Waals surface area contributed by atoms with Crippen LogP contribution in [0.15, 0.2) is 52.5 Å². The highest BCUT2D eigenvalue weighted by Gasteiger charge is 2.32. The van der Waals surface area contributed by atoms with Gasteiger partial charge in [-0.15, -0.1) is 0 Å². The zero-order valence-electron chi connectivity index (χ0n) is 22.9. The Hall–Kier alpha value is -3.42. The van der Waals surface area contributed by atoms with Crippen LogP contribution in [0.3, 0.4) is 0 Å². The van der Waals surface area contributed by atoms with Crippen molar-refractivity contribution < 1.29 is 13.2 Å². The van der Waals surface area contributed by atoms with Crippen LogP contribution in [0.2, 0.25) is 0 Å². The fourth-order valence-corrected chi connectivity index (χ4v) is 6.23. The number of halogens is 3. The van der Waals surface area contributed by atoms with E-state index < -0.39 is 11.9 Å². The lowest BCUT2D eigenvalue weighted by Gasteiger charge is -2.42. The van der Waals surface area contributed by atoms with Gasteiger partial charge in [-0.1, -0.05) is 6.07 Å². The first-order valence-electron chi connectivity index (χ1n) is 13.7. The smallest absolute Gasteiger partial charge is 0.354 e. The third kappa shape index (κ3) is 6.57. The summed E-state index contributed by atoms with van der Waals surface area (Å²) in [5.41, 5.74) is 0.250. The number of piperidine rings is 1. The summed E-state index contributed by atoms with van der Waals surface area (Å²) in [4.78, 5) is 21.5. The molecule has 0 spiro atoms. The molecule has 4 aromatic rings. The summed E-state index contributed by atoms with van der Waals surface area (Å²) in [6, 6.07) is 12.1. The van der Waals surface area contributed by atoms with Crippen LogP contribution in [0.25, 0.3) is 10.9 Å². The molecule has 2 saturated heterocycles. The summed E-state index contributed by atoms with van der Waals surface area (Å²) in [5, 5.41) is 11.6. The van der Waals surface area contributed by atoms with Crippen LogP contribution in [0.1, 0.15) is 24.2 Å². The second-order valence-corrected chi connectivity index (χ2v) is 11.7. The highest BCUT2D eigenvalue weighted by molar-refractivity contribution is 7.99. The molecule has 0 aliphatic carbocycles. The molecule has 1 aromatic carbocycles. The summed E-state index contributed by atoms with van der Waals surface area (Å²) >= 11 is 1.36. The van der Waals surface area contributed by atoms with Crippen molar-refractivity contribution in [1.29, 1.82) is 0 Å². The van der Waals surface area contributed by atoms with Crippen LogP contribution in [0, 0.1) is 6.92 Å². The standard InChI is InChI=1S/C28H32F3N9S/c1-18-15-25(37-36-18)33-24-17-26(40-13-11-39(12-14-40)20-7-9-38(2)10-8-20)35-27(34-24)41-21-4-5-22-19(16-21)3-6-23(32-22)28(29,30)31/h3-6,15-17,20H,7-14H2,1-2H3,(H2,33,34,35,36,37). The van der Waals surface area contributed by atoms with Crippen LogP contribution in [-0.4, -0.2) is 87.3 Å². The van der Waals surface area contributed by atoms with E-state index in [1.54, 1.807) is 12.1 Å². The number of hydrogen-bond acceptors (Lipinski definition) is 9. The van der Waals surface area contributed by atoms with E-state index >= 15 is 0 Å². The van der Waals surface area contributed by atoms with Crippen LogP contribution in [-0.2, 0) is 6.18 Å². The molecular weight excluding hydrogens is 551 g/mol. The molecule has 41 heavy (non-hydrogen) atoms. The molecular formula is C28H32F3N9S. The Kier molecular flexibility index (Phi) is 7.75. The van der Waals surface area contributed by atoms with Crippen LogP contribution >= 0.6 is 11.8 Å². The van der Waals surface area contributed by atoms with Crippen molar-refractivity contribution in [1.82, 2.24) is 34.9 Å². The quantitative estimate of drug-likeness (QED) is 0.298. The topological polar surface area (TPSA) is 89.1 Å². The highest BCUT2D eigenvalue weighted by atomic mass is 32.2. The van der Waals surface area contributed by atoms with Gasteiger partial charge in [-0.25, -0.2) is 15.0 Å². The zero-order chi connectivity index (χ0) is 28.6. The number of pyridine rings is 1. The van der Waals surface area contributed by atoms with Gasteiger partial charge in [-0.3, -0.25) is 10.00 Å². The number of likely N-dealkylation sites (tertiary alicyclic amines) is 1. The Morgan fingerprint density at radius 2 is 1.71 bits per heavy atom. The minimum atomic E-state index is -4.48. The van der Waals surface area contributed by atoms with Gasteiger partial charge in [0.25, 0.3) is 0 Å². The fraction of sp³-hybridized carbons (Fsp3) is 0.429. The van der Waals surface area contributed by atoms with Crippen molar-refractivity contribution >= 4 is 40.1 Å². The Balaban J connectivity index is 1.23. The van der Waals surface area contributed by atoms with Crippen molar-refractivity contribution in [2.45, 2.75) is 42.0 Å². The fourth-order valence-electron chi connectivity index (χ4n) is 5.42. The van der Waals surface area contributed by atoms with E-state index in [-0.39, 0.29) is 0 Å². The highest BCUT2D eigenvalue weighted by Crippen LogP contribution is 2.33. The number of H-pyrrole nitrogens is 1. The molecule has 0 atom stereocenters. The molecule has 3 aromatic heterocycles. The maximum Gasteiger partial charge on any atom is 0.433 e. The predicted octanol–water partition coefficient (Wildman–Crippen LogP) is 5.19. The van der Waals surface area contributed by atoms with Crippen LogP contribution < -0.4 is 10.2 Å². The van der Waals surface area contributed by atoms with E-state index in [9.17, 15) is 13.2 Å². The lowest BCUT2D eigenvalue weighted by Crippen LogP contribution is -2.53. The number of hydrogen-bond donors (Lipinski definition) is 2. The minimum Gasteiger partial charge on any atom is -0.354 e. The van der Waals surface area contributed by atoms with Crippen molar-refractivity contribution in [3.8, 4) is 0 Å². The number of anilines is 3. The van der Waals surface area contributed by atoms with E-state index in [1.165, 1.54) is 30.7 Å². The van der Waals surface area contributed by atoms with Gasteiger partial charge < -0.3 is 15.1 Å². The summed E-state index contributed by atoms with van der Waals surface area (Å²) in [7, 11) is 2.19. The number of benzene rings is 1. The van der Waals surface area contributed by atoms with Gasteiger partial charge >= 0.3 is 6.18 Å². The van der Waals surface area contributed by atoms with Crippen molar-refractivity contribution in [2.24, 2.45) is 0 Å². The number of nitrogens with one attached hydrogen (secondary N) is 2. The summed E-state index contributed by atoms with van der Waals surface area (Å²) in [5.74, 6) is 2.20. The Labute approximate surface area is 240 Å². The number of rotatable bonds is 6.